The lowest BCUT2D eigenvalue weighted by Gasteiger charge is -2.10. The summed E-state index contributed by atoms with van der Waals surface area (Å²) in [7, 11) is 0. The van der Waals surface area contributed by atoms with E-state index in [4.69, 9.17) is 11.2 Å². The van der Waals surface area contributed by atoms with Gasteiger partial charge in [-0.15, -0.1) is 6.42 Å². The van der Waals surface area contributed by atoms with Crippen LogP contribution >= 0.6 is 0 Å². The van der Waals surface area contributed by atoms with Crippen LogP contribution in [0.3, 0.4) is 0 Å². The Hall–Kier alpha value is -1.34. The summed E-state index contributed by atoms with van der Waals surface area (Å²) in [6, 6.07) is -0.711. The minimum atomic E-state index is -0.711. The van der Waals surface area contributed by atoms with Gasteiger partial charge in [-0.2, -0.15) is 0 Å². The maximum Gasteiger partial charge on any atom is 0.319 e. The summed E-state index contributed by atoms with van der Waals surface area (Å²) < 4.78 is 4.90. The monoisotopic (exact) mass is 211 g/mol. The fraction of sp³-hybridized carbons (Fsp3) is 0.636. The lowest BCUT2D eigenvalue weighted by molar-refractivity contribution is -0.143. The molecule has 0 rings (SSSR count). The first kappa shape index (κ1) is 13.7. The highest BCUT2D eigenvalue weighted by Crippen LogP contribution is 1.92. The van der Waals surface area contributed by atoms with Crippen LogP contribution in [0.25, 0.3) is 0 Å². The molecule has 0 spiro atoms. The number of hydrogen-bond donors (Lipinski definition) is 1. The van der Waals surface area contributed by atoms with Gasteiger partial charge in [0.15, 0.2) is 5.78 Å². The molecule has 4 nitrogen and oxygen atoms in total. The summed E-state index contributed by atoms with van der Waals surface area (Å²) in [5.41, 5.74) is 0. The minimum absolute atomic E-state index is 0.0405. The number of nitrogens with one attached hydrogen (secondary N) is 1. The Morgan fingerprint density at radius 2 is 2.07 bits per heavy atom. The molecule has 84 valence electrons. The smallest absolute Gasteiger partial charge is 0.319 e. The van der Waals surface area contributed by atoms with Crippen LogP contribution in [0.5, 0.6) is 0 Å². The summed E-state index contributed by atoms with van der Waals surface area (Å²) in [4.78, 5) is 22.0. The highest BCUT2D eigenvalue weighted by Gasteiger charge is 2.12. The standard InChI is InChI=1S/C11H17NO3/c1-5-10(9(4)13)12-6-11(14)15-7-8(2)3/h1,8,10,12H,6-7H2,2-4H3. The van der Waals surface area contributed by atoms with Crippen LogP contribution < -0.4 is 5.32 Å². The number of ketones is 1. The molecule has 0 aliphatic rings. The molecular formula is C11H17NO3. The van der Waals surface area contributed by atoms with E-state index in [1.54, 1.807) is 0 Å². The van der Waals surface area contributed by atoms with Gasteiger partial charge in [0.05, 0.1) is 13.2 Å². The summed E-state index contributed by atoms with van der Waals surface area (Å²) in [6.45, 7) is 5.60. The van der Waals surface area contributed by atoms with Crippen molar-refractivity contribution in [1.82, 2.24) is 5.32 Å². The molecule has 0 saturated carbocycles. The Labute approximate surface area is 90.4 Å². The largest absolute Gasteiger partial charge is 0.464 e. The van der Waals surface area contributed by atoms with Gasteiger partial charge in [-0.25, -0.2) is 0 Å². The molecule has 0 aromatic carbocycles. The summed E-state index contributed by atoms with van der Waals surface area (Å²) in [5.74, 6) is 1.97. The third-order valence-corrected chi connectivity index (χ3v) is 1.60. The van der Waals surface area contributed by atoms with Crippen LogP contribution in [0, 0.1) is 18.3 Å². The summed E-state index contributed by atoms with van der Waals surface area (Å²) in [5, 5.41) is 2.63. The van der Waals surface area contributed by atoms with Gasteiger partial charge in [0.25, 0.3) is 0 Å². The Morgan fingerprint density at radius 3 is 2.47 bits per heavy atom. The van der Waals surface area contributed by atoms with Crippen LogP contribution in [-0.4, -0.2) is 30.9 Å². The van der Waals surface area contributed by atoms with Crippen molar-refractivity contribution in [3.8, 4) is 12.3 Å². The van der Waals surface area contributed by atoms with E-state index in [0.29, 0.717) is 12.5 Å². The van der Waals surface area contributed by atoms with Crippen LogP contribution in [0.2, 0.25) is 0 Å². The molecule has 0 fully saturated rings. The second-order valence-corrected chi connectivity index (χ2v) is 3.67. The van der Waals surface area contributed by atoms with Crippen molar-refractivity contribution in [2.45, 2.75) is 26.8 Å². The van der Waals surface area contributed by atoms with Gasteiger partial charge >= 0.3 is 5.97 Å². The minimum Gasteiger partial charge on any atom is -0.464 e. The quantitative estimate of drug-likeness (QED) is 0.509. The predicted octanol–water partition coefficient (Wildman–Crippen LogP) is 0.366. The lowest BCUT2D eigenvalue weighted by atomic mass is 10.2. The molecule has 1 atom stereocenters. The number of rotatable bonds is 6. The predicted molar refractivity (Wildman–Crippen MR) is 57.1 cm³/mol. The van der Waals surface area contributed by atoms with Gasteiger partial charge in [-0.3, -0.25) is 14.9 Å². The van der Waals surface area contributed by atoms with Gasteiger partial charge in [0, 0.05) is 0 Å². The molecule has 0 saturated heterocycles. The van der Waals surface area contributed by atoms with E-state index in [1.807, 2.05) is 13.8 Å². The molecule has 15 heavy (non-hydrogen) atoms. The number of ether oxygens (including phenoxy) is 1. The fourth-order valence-electron chi connectivity index (χ4n) is 0.816. The Morgan fingerprint density at radius 1 is 1.47 bits per heavy atom. The van der Waals surface area contributed by atoms with Crippen molar-refractivity contribution in [3.05, 3.63) is 0 Å². The molecule has 1 unspecified atom stereocenters. The molecule has 4 heteroatoms. The fourth-order valence-corrected chi connectivity index (χ4v) is 0.816. The van der Waals surface area contributed by atoms with Crippen molar-refractivity contribution in [3.63, 3.8) is 0 Å². The first-order valence-corrected chi connectivity index (χ1v) is 4.83. The highest BCUT2D eigenvalue weighted by atomic mass is 16.5. The number of Topliss-reactive ketones (excluding diaryl/α,β-unsaturated/α-hetero) is 1. The first-order valence-electron chi connectivity index (χ1n) is 4.83. The molecule has 0 amide bonds. The van der Waals surface area contributed by atoms with Crippen molar-refractivity contribution >= 4 is 11.8 Å². The van der Waals surface area contributed by atoms with Crippen molar-refractivity contribution in [2.75, 3.05) is 13.2 Å². The number of hydrogen-bond acceptors (Lipinski definition) is 4. The Kier molecular flexibility index (Phi) is 6.39. The van der Waals surface area contributed by atoms with E-state index < -0.39 is 12.0 Å². The third kappa shape index (κ3) is 6.69. The SMILES string of the molecule is C#CC(NCC(=O)OCC(C)C)C(C)=O. The molecular weight excluding hydrogens is 194 g/mol. The normalized spacial score (nSPS) is 11.9. The van der Waals surface area contributed by atoms with Crippen LogP contribution in [-0.2, 0) is 14.3 Å². The van der Waals surface area contributed by atoms with E-state index in [2.05, 4.69) is 11.2 Å². The number of carbonyl (C=O) groups is 2. The Balaban J connectivity index is 3.80. The average molecular weight is 211 g/mol. The van der Waals surface area contributed by atoms with Crippen LogP contribution in [0.1, 0.15) is 20.8 Å². The van der Waals surface area contributed by atoms with Gasteiger partial charge < -0.3 is 4.74 Å². The molecule has 0 radical (unpaired) electrons. The van der Waals surface area contributed by atoms with Gasteiger partial charge in [0.2, 0.25) is 0 Å². The number of terminal acetylenes is 1. The molecule has 0 heterocycles. The van der Waals surface area contributed by atoms with Crippen molar-refractivity contribution in [2.24, 2.45) is 5.92 Å². The average Bonchev–Trinajstić information content (AvgIpc) is 2.15. The lowest BCUT2D eigenvalue weighted by Crippen LogP contribution is -2.38. The number of carbonyl (C=O) groups excluding carboxylic acids is 2. The molecule has 0 aliphatic heterocycles. The van der Waals surface area contributed by atoms with E-state index in [-0.39, 0.29) is 12.3 Å². The van der Waals surface area contributed by atoms with E-state index in [1.165, 1.54) is 6.92 Å². The first-order chi connectivity index (χ1) is 6.97. The second kappa shape index (κ2) is 7.02. The maximum absolute atomic E-state index is 11.1. The zero-order valence-corrected chi connectivity index (χ0v) is 9.37. The zero-order chi connectivity index (χ0) is 11.8. The maximum atomic E-state index is 11.1. The van der Waals surface area contributed by atoms with E-state index >= 15 is 0 Å². The van der Waals surface area contributed by atoms with Crippen molar-refractivity contribution in [1.29, 1.82) is 0 Å². The summed E-state index contributed by atoms with van der Waals surface area (Å²) in [6.07, 6.45) is 5.10. The highest BCUT2D eigenvalue weighted by molar-refractivity contribution is 5.85. The third-order valence-electron chi connectivity index (χ3n) is 1.60. The molecule has 0 aliphatic carbocycles. The zero-order valence-electron chi connectivity index (χ0n) is 9.37. The Bertz CT molecular complexity index is 265. The summed E-state index contributed by atoms with van der Waals surface area (Å²) >= 11 is 0. The van der Waals surface area contributed by atoms with Gasteiger partial charge in [0.1, 0.15) is 6.04 Å². The number of esters is 1. The molecule has 0 aromatic rings. The van der Waals surface area contributed by atoms with Crippen LogP contribution in [0.4, 0.5) is 0 Å². The van der Waals surface area contributed by atoms with E-state index in [0.717, 1.165) is 0 Å². The molecule has 0 bridgehead atoms. The van der Waals surface area contributed by atoms with Crippen molar-refractivity contribution < 1.29 is 14.3 Å². The van der Waals surface area contributed by atoms with Gasteiger partial charge in [-0.05, 0) is 12.8 Å². The van der Waals surface area contributed by atoms with Gasteiger partial charge in [-0.1, -0.05) is 19.8 Å². The van der Waals surface area contributed by atoms with E-state index in [9.17, 15) is 9.59 Å². The molecule has 0 aromatic heterocycles. The molecule has 1 N–H and O–H groups in total. The van der Waals surface area contributed by atoms with Crippen LogP contribution in [0.15, 0.2) is 0 Å². The topological polar surface area (TPSA) is 55.4 Å². The second-order valence-electron chi connectivity index (χ2n) is 3.67.